The Morgan fingerprint density at radius 3 is 2.30 bits per heavy atom. The quantitative estimate of drug-likeness (QED) is 0.618. The van der Waals surface area contributed by atoms with Crippen molar-refractivity contribution in [2.45, 2.75) is 13.0 Å². The molecule has 0 bridgehead atoms. The molecule has 1 heterocycles. The van der Waals surface area contributed by atoms with Crippen LogP contribution >= 0.6 is 0 Å². The average molecular weight is 385 g/mol. The molecule has 3 aromatic rings. The van der Waals surface area contributed by atoms with Crippen molar-refractivity contribution in [1.82, 2.24) is 4.98 Å². The molecule has 140 valence electrons. The van der Waals surface area contributed by atoms with Gasteiger partial charge in [0.05, 0.1) is 17.6 Å². The second-order valence-electron chi connectivity index (χ2n) is 6.07. The summed E-state index contributed by atoms with van der Waals surface area (Å²) < 4.78 is 39.9. The number of sulfonamides is 1. The zero-order valence-corrected chi connectivity index (χ0v) is 15.4. The second kappa shape index (κ2) is 8.64. The van der Waals surface area contributed by atoms with E-state index in [-0.39, 0.29) is 11.6 Å². The summed E-state index contributed by atoms with van der Waals surface area (Å²) in [4.78, 5) is 4.20. The Bertz CT molecular complexity index is 960. The Balaban J connectivity index is 1.52. The minimum absolute atomic E-state index is 0.00157. The molecule has 0 atom stereocenters. The topological polar surface area (TPSA) is 71.1 Å². The van der Waals surface area contributed by atoms with Gasteiger partial charge in [-0.25, -0.2) is 17.8 Å². The van der Waals surface area contributed by atoms with Gasteiger partial charge >= 0.3 is 0 Å². The largest absolute Gasteiger partial charge is 0.366 e. The molecular weight excluding hydrogens is 365 g/mol. The van der Waals surface area contributed by atoms with E-state index in [1.165, 1.54) is 18.3 Å². The standard InChI is InChI=1S/C20H20FN3O2S/c21-18-8-6-17(7-9-18)14-22-20-11-10-19(15-23-20)24-27(25,26)13-12-16-4-2-1-3-5-16/h1-11,15,24H,12-14H2,(H,22,23). The number of hydrogen-bond donors (Lipinski definition) is 2. The summed E-state index contributed by atoms with van der Waals surface area (Å²) in [5.74, 6) is 0.328. The molecule has 0 aliphatic heterocycles. The number of anilines is 2. The van der Waals surface area contributed by atoms with Crippen LogP contribution in [0.5, 0.6) is 0 Å². The number of nitrogens with one attached hydrogen (secondary N) is 2. The molecule has 0 aliphatic rings. The number of aryl methyl sites for hydroxylation is 1. The molecule has 0 fully saturated rings. The van der Waals surface area contributed by atoms with Crippen LogP contribution in [0, 0.1) is 5.82 Å². The molecule has 0 saturated carbocycles. The van der Waals surface area contributed by atoms with E-state index in [0.717, 1.165) is 11.1 Å². The fraction of sp³-hybridized carbons (Fsp3) is 0.150. The molecule has 5 nitrogen and oxygen atoms in total. The number of rotatable bonds is 8. The van der Waals surface area contributed by atoms with Crippen LogP contribution in [0.15, 0.2) is 72.9 Å². The molecule has 27 heavy (non-hydrogen) atoms. The Morgan fingerprint density at radius 1 is 0.889 bits per heavy atom. The van der Waals surface area contributed by atoms with E-state index in [4.69, 9.17) is 0 Å². The molecule has 0 unspecified atom stereocenters. The Labute approximate surface area is 158 Å². The number of pyridine rings is 1. The Hall–Kier alpha value is -2.93. The first kappa shape index (κ1) is 18.8. The molecule has 3 rings (SSSR count). The summed E-state index contributed by atoms with van der Waals surface area (Å²) in [7, 11) is -3.45. The lowest BCUT2D eigenvalue weighted by atomic mass is 10.2. The van der Waals surface area contributed by atoms with Gasteiger partial charge in [0, 0.05) is 6.54 Å². The minimum atomic E-state index is -3.45. The zero-order chi connectivity index (χ0) is 19.1. The highest BCUT2D eigenvalue weighted by Gasteiger charge is 2.11. The van der Waals surface area contributed by atoms with E-state index in [2.05, 4.69) is 15.0 Å². The molecule has 0 spiro atoms. The maximum absolute atomic E-state index is 12.9. The van der Waals surface area contributed by atoms with E-state index >= 15 is 0 Å². The third kappa shape index (κ3) is 6.07. The van der Waals surface area contributed by atoms with Crippen LogP contribution in [-0.4, -0.2) is 19.2 Å². The second-order valence-corrected chi connectivity index (χ2v) is 7.91. The summed E-state index contributed by atoms with van der Waals surface area (Å²) in [5, 5.41) is 3.11. The maximum atomic E-state index is 12.9. The first-order chi connectivity index (χ1) is 13.0. The Morgan fingerprint density at radius 2 is 1.63 bits per heavy atom. The monoisotopic (exact) mass is 385 g/mol. The van der Waals surface area contributed by atoms with Crippen LogP contribution in [0.25, 0.3) is 0 Å². The molecule has 0 radical (unpaired) electrons. The predicted octanol–water partition coefficient (Wildman–Crippen LogP) is 3.82. The smallest absolute Gasteiger partial charge is 0.233 e. The lowest BCUT2D eigenvalue weighted by Crippen LogP contribution is -2.18. The van der Waals surface area contributed by atoms with Crippen molar-refractivity contribution in [3.05, 3.63) is 89.9 Å². The highest BCUT2D eigenvalue weighted by molar-refractivity contribution is 7.92. The summed E-state index contributed by atoms with van der Waals surface area (Å²) >= 11 is 0. The number of benzene rings is 2. The molecule has 0 aliphatic carbocycles. The van der Waals surface area contributed by atoms with Gasteiger partial charge < -0.3 is 5.32 Å². The highest BCUT2D eigenvalue weighted by atomic mass is 32.2. The highest BCUT2D eigenvalue weighted by Crippen LogP contribution is 2.13. The molecule has 2 N–H and O–H groups in total. The fourth-order valence-corrected chi connectivity index (χ4v) is 3.57. The summed E-state index contributed by atoms with van der Waals surface area (Å²) in [5.41, 5.74) is 2.31. The molecule has 2 aromatic carbocycles. The first-order valence-corrected chi connectivity index (χ1v) is 10.1. The van der Waals surface area contributed by atoms with Crippen LogP contribution in [-0.2, 0) is 23.0 Å². The number of nitrogens with zero attached hydrogens (tertiary/aromatic N) is 1. The van der Waals surface area contributed by atoms with E-state index in [1.54, 1.807) is 24.3 Å². The fourth-order valence-electron chi connectivity index (χ4n) is 2.48. The van der Waals surface area contributed by atoms with E-state index < -0.39 is 10.0 Å². The van der Waals surface area contributed by atoms with Crippen LogP contribution in [0.2, 0.25) is 0 Å². The van der Waals surface area contributed by atoms with Gasteiger partial charge in [-0.15, -0.1) is 0 Å². The first-order valence-electron chi connectivity index (χ1n) is 8.49. The third-order valence-electron chi connectivity index (χ3n) is 3.93. The van der Waals surface area contributed by atoms with Gasteiger partial charge in [-0.1, -0.05) is 42.5 Å². The van der Waals surface area contributed by atoms with Gasteiger partial charge in [-0.3, -0.25) is 4.72 Å². The Kier molecular flexibility index (Phi) is 6.03. The van der Waals surface area contributed by atoms with Crippen molar-refractivity contribution in [2.24, 2.45) is 0 Å². The van der Waals surface area contributed by atoms with Gasteiger partial charge in [0.25, 0.3) is 0 Å². The predicted molar refractivity (Wildman–Crippen MR) is 106 cm³/mol. The van der Waals surface area contributed by atoms with Crippen molar-refractivity contribution in [1.29, 1.82) is 0 Å². The van der Waals surface area contributed by atoms with Crippen LogP contribution in [0.4, 0.5) is 15.9 Å². The van der Waals surface area contributed by atoms with Crippen molar-refractivity contribution in [2.75, 3.05) is 15.8 Å². The summed E-state index contributed by atoms with van der Waals surface area (Å²) in [6, 6.07) is 19.0. The normalized spacial score (nSPS) is 11.1. The van der Waals surface area contributed by atoms with Crippen LogP contribution in [0.3, 0.4) is 0 Å². The van der Waals surface area contributed by atoms with Crippen LogP contribution in [0.1, 0.15) is 11.1 Å². The molecule has 1 aromatic heterocycles. The maximum Gasteiger partial charge on any atom is 0.233 e. The zero-order valence-electron chi connectivity index (χ0n) is 14.6. The summed E-state index contributed by atoms with van der Waals surface area (Å²) in [6.45, 7) is 0.495. The van der Waals surface area contributed by atoms with Gasteiger partial charge in [-0.05, 0) is 41.8 Å². The van der Waals surface area contributed by atoms with Gasteiger partial charge in [0.15, 0.2) is 0 Å². The van der Waals surface area contributed by atoms with Crippen molar-refractivity contribution < 1.29 is 12.8 Å². The van der Waals surface area contributed by atoms with Crippen molar-refractivity contribution in [3.63, 3.8) is 0 Å². The molecular formula is C20H20FN3O2S. The van der Waals surface area contributed by atoms with E-state index in [0.29, 0.717) is 24.5 Å². The lowest BCUT2D eigenvalue weighted by Gasteiger charge is -2.09. The van der Waals surface area contributed by atoms with Gasteiger partial charge in [0.1, 0.15) is 11.6 Å². The third-order valence-corrected chi connectivity index (χ3v) is 5.21. The van der Waals surface area contributed by atoms with Gasteiger partial charge in [0.2, 0.25) is 10.0 Å². The summed E-state index contributed by atoms with van der Waals surface area (Å²) in [6.07, 6.45) is 1.91. The van der Waals surface area contributed by atoms with Crippen LogP contribution < -0.4 is 10.0 Å². The molecule has 7 heteroatoms. The van der Waals surface area contributed by atoms with Gasteiger partial charge in [-0.2, -0.15) is 0 Å². The number of halogens is 1. The molecule has 0 saturated heterocycles. The van der Waals surface area contributed by atoms with Crippen molar-refractivity contribution in [3.8, 4) is 0 Å². The molecule has 0 amide bonds. The number of hydrogen-bond acceptors (Lipinski definition) is 4. The SMILES string of the molecule is O=S(=O)(CCc1ccccc1)Nc1ccc(NCc2ccc(F)cc2)nc1. The van der Waals surface area contributed by atoms with Crippen molar-refractivity contribution >= 4 is 21.5 Å². The average Bonchev–Trinajstić information content (AvgIpc) is 2.68. The van der Waals surface area contributed by atoms with E-state index in [1.807, 2.05) is 30.3 Å². The lowest BCUT2D eigenvalue weighted by molar-refractivity contribution is 0.600. The van der Waals surface area contributed by atoms with E-state index in [9.17, 15) is 12.8 Å². The number of aromatic nitrogens is 1. The minimum Gasteiger partial charge on any atom is -0.366 e.